The Morgan fingerprint density at radius 2 is 1.24 bits per heavy atom. The maximum atomic E-state index is 12.5. The maximum absolute atomic E-state index is 12.5. The molecule has 2 aromatic heterocycles. The molecule has 33 heavy (non-hydrogen) atoms. The second kappa shape index (κ2) is 12.5. The number of hydrogen-bond acceptors (Lipinski definition) is 6. The van der Waals surface area contributed by atoms with Crippen LogP contribution >= 0.6 is 23.2 Å². The molecule has 2 aromatic carbocycles. The van der Waals surface area contributed by atoms with E-state index in [-0.39, 0.29) is 16.7 Å². The van der Waals surface area contributed by atoms with Crippen molar-refractivity contribution in [1.29, 1.82) is 0 Å². The lowest BCUT2D eigenvalue weighted by Gasteiger charge is -2.08. The molecule has 0 spiro atoms. The van der Waals surface area contributed by atoms with Gasteiger partial charge >= 0.3 is 0 Å². The smallest absolute Gasteiger partial charge is 0.135 e. The zero-order chi connectivity index (χ0) is 24.4. The Morgan fingerprint density at radius 3 is 1.73 bits per heavy atom. The molecule has 0 radical (unpaired) electrons. The Labute approximate surface area is 201 Å². The number of phenolic OH excluding ortho intramolecular Hbond substituents is 1. The minimum Gasteiger partial charge on any atom is -0.508 e. The lowest BCUT2D eigenvalue weighted by atomic mass is 10.3. The molecule has 0 atom stereocenters. The second-order valence-electron chi connectivity index (χ2n) is 6.70. The van der Waals surface area contributed by atoms with Gasteiger partial charge in [-0.25, -0.2) is 14.4 Å². The van der Waals surface area contributed by atoms with E-state index in [4.69, 9.17) is 44.5 Å². The Balaban J connectivity index is 0.000000192. The number of halogens is 3. The van der Waals surface area contributed by atoms with Crippen molar-refractivity contribution in [3.05, 3.63) is 100 Å². The predicted octanol–water partition coefficient (Wildman–Crippen LogP) is 6.57. The van der Waals surface area contributed by atoms with Crippen LogP contribution in [-0.2, 0) is 0 Å². The second-order valence-corrected chi connectivity index (χ2v) is 7.41. The van der Waals surface area contributed by atoms with Crippen molar-refractivity contribution in [3.63, 3.8) is 0 Å². The Morgan fingerprint density at radius 1 is 0.758 bits per heavy atom. The molecule has 0 aliphatic rings. The third-order valence-electron chi connectivity index (χ3n) is 4.17. The van der Waals surface area contributed by atoms with Gasteiger partial charge in [0.15, 0.2) is 0 Å². The van der Waals surface area contributed by atoms with Crippen molar-refractivity contribution in [3.8, 4) is 17.2 Å². The van der Waals surface area contributed by atoms with Crippen LogP contribution in [-0.4, -0.2) is 15.1 Å². The van der Waals surface area contributed by atoms with Crippen LogP contribution in [0, 0.1) is 19.7 Å². The molecule has 9 heteroatoms. The molecule has 2 heterocycles. The quantitative estimate of drug-likeness (QED) is 0.167. The van der Waals surface area contributed by atoms with Gasteiger partial charge in [0.25, 0.3) is 0 Å². The third kappa shape index (κ3) is 8.48. The lowest BCUT2D eigenvalue weighted by molar-refractivity contribution is 0.475. The number of phenols is 1. The fourth-order valence-corrected chi connectivity index (χ4v) is 2.53. The molecular weight excluding hydrogens is 466 g/mol. The Bertz CT molecular complexity index is 1130. The summed E-state index contributed by atoms with van der Waals surface area (Å²) >= 11 is 11.4. The zero-order valence-corrected chi connectivity index (χ0v) is 19.5. The molecule has 4 rings (SSSR count). The Hall–Kier alpha value is -3.55. The molecule has 0 amide bonds. The van der Waals surface area contributed by atoms with Crippen LogP contribution in [0.4, 0.5) is 15.8 Å². The summed E-state index contributed by atoms with van der Waals surface area (Å²) in [5, 5.41) is 9.38. The van der Waals surface area contributed by atoms with Crippen molar-refractivity contribution in [2.75, 3.05) is 11.5 Å². The third-order valence-corrected chi connectivity index (χ3v) is 4.93. The van der Waals surface area contributed by atoms with E-state index in [1.165, 1.54) is 12.3 Å². The van der Waals surface area contributed by atoms with Crippen molar-refractivity contribution < 1.29 is 14.2 Å². The number of anilines is 2. The van der Waals surface area contributed by atoms with Gasteiger partial charge in [-0.1, -0.05) is 23.2 Å². The van der Waals surface area contributed by atoms with Crippen molar-refractivity contribution >= 4 is 34.6 Å². The molecule has 6 nitrogen and oxygen atoms in total. The van der Waals surface area contributed by atoms with Crippen LogP contribution in [0.2, 0.25) is 10.3 Å². The maximum Gasteiger partial charge on any atom is 0.135 e. The summed E-state index contributed by atoms with van der Waals surface area (Å²) in [6, 6.07) is 16.6. The highest BCUT2D eigenvalue weighted by Gasteiger charge is 2.05. The van der Waals surface area contributed by atoms with E-state index in [2.05, 4.69) is 9.97 Å². The van der Waals surface area contributed by atoms with E-state index in [9.17, 15) is 4.39 Å². The van der Waals surface area contributed by atoms with Gasteiger partial charge in [-0.15, -0.1) is 0 Å². The number of benzene rings is 2. The minimum atomic E-state index is -0.310. The van der Waals surface area contributed by atoms with E-state index < -0.39 is 0 Å². The van der Waals surface area contributed by atoms with E-state index in [0.29, 0.717) is 27.8 Å². The lowest BCUT2D eigenvalue weighted by Crippen LogP contribution is -1.90. The summed E-state index contributed by atoms with van der Waals surface area (Å²) in [7, 11) is 0. The summed E-state index contributed by atoms with van der Waals surface area (Å²) in [5.41, 5.74) is 13.5. The van der Waals surface area contributed by atoms with Gasteiger partial charge in [0, 0.05) is 34.9 Å². The summed E-state index contributed by atoms with van der Waals surface area (Å²) in [5.74, 6) is 1.36. The Kier molecular flexibility index (Phi) is 9.72. The minimum absolute atomic E-state index is 0.231. The van der Waals surface area contributed by atoms with Crippen LogP contribution in [0.25, 0.3) is 0 Å². The van der Waals surface area contributed by atoms with E-state index in [1.807, 2.05) is 19.1 Å². The summed E-state index contributed by atoms with van der Waals surface area (Å²) < 4.78 is 18.1. The van der Waals surface area contributed by atoms with Gasteiger partial charge < -0.3 is 21.3 Å². The number of ether oxygens (including phenoxy) is 1. The van der Waals surface area contributed by atoms with Crippen LogP contribution < -0.4 is 16.2 Å². The average Bonchev–Trinajstić information content (AvgIpc) is 2.80. The molecule has 0 fully saturated rings. The standard InChI is InChI=1S/C12H11ClN2O.C6H5ClFN.C6H7NO/c1-8-11(6-7-15-12(8)13)16-10-4-2-9(14)3-5-10;1-4-5(8)2-3-9-6(4)7;7-5-1-3-6(8)4-2-5/h2-7H,14H2,1H3;2-3H,1H3;1-4,8H,7H2. The normalized spacial score (nSPS) is 9.73. The first-order valence-corrected chi connectivity index (χ1v) is 10.4. The first-order valence-electron chi connectivity index (χ1n) is 9.63. The highest BCUT2D eigenvalue weighted by Crippen LogP contribution is 2.28. The zero-order valence-electron chi connectivity index (χ0n) is 18.0. The topological polar surface area (TPSA) is 107 Å². The average molecular weight is 489 g/mol. The van der Waals surface area contributed by atoms with Gasteiger partial charge in [-0.05, 0) is 74.5 Å². The van der Waals surface area contributed by atoms with Gasteiger partial charge in [0.05, 0.1) is 0 Å². The largest absolute Gasteiger partial charge is 0.508 e. The van der Waals surface area contributed by atoms with Crippen LogP contribution in [0.15, 0.2) is 73.1 Å². The van der Waals surface area contributed by atoms with Crippen LogP contribution in [0.1, 0.15) is 11.1 Å². The van der Waals surface area contributed by atoms with E-state index >= 15 is 0 Å². The first kappa shape index (κ1) is 25.7. The summed E-state index contributed by atoms with van der Waals surface area (Å²) in [6.07, 6.45) is 2.95. The van der Waals surface area contributed by atoms with Gasteiger partial charge in [0.1, 0.15) is 33.4 Å². The van der Waals surface area contributed by atoms with Crippen LogP contribution in [0.5, 0.6) is 17.2 Å². The number of nitrogens with two attached hydrogens (primary N) is 2. The molecule has 4 aromatic rings. The predicted molar refractivity (Wildman–Crippen MR) is 131 cm³/mol. The number of nitrogen functional groups attached to an aromatic ring is 2. The molecule has 5 N–H and O–H groups in total. The molecule has 0 aliphatic carbocycles. The van der Waals surface area contributed by atoms with Gasteiger partial charge in [-0.2, -0.15) is 0 Å². The SMILES string of the molecule is Cc1c(F)ccnc1Cl.Cc1c(Oc2ccc(N)cc2)ccnc1Cl.Nc1ccc(O)cc1. The number of hydrogen-bond donors (Lipinski definition) is 3. The molecule has 0 aliphatic heterocycles. The van der Waals surface area contributed by atoms with E-state index in [1.54, 1.807) is 55.6 Å². The van der Waals surface area contributed by atoms with Crippen molar-refractivity contribution in [1.82, 2.24) is 9.97 Å². The molecule has 172 valence electrons. The van der Waals surface area contributed by atoms with E-state index in [0.717, 1.165) is 11.3 Å². The van der Waals surface area contributed by atoms with Crippen LogP contribution in [0.3, 0.4) is 0 Å². The summed E-state index contributed by atoms with van der Waals surface area (Å²) in [4.78, 5) is 7.63. The van der Waals surface area contributed by atoms with Crippen molar-refractivity contribution in [2.24, 2.45) is 0 Å². The number of aromatic hydroxyl groups is 1. The fraction of sp³-hybridized carbons (Fsp3) is 0.0833. The first-order chi connectivity index (χ1) is 15.7. The molecule has 0 unspecified atom stereocenters. The van der Waals surface area contributed by atoms with Crippen molar-refractivity contribution in [2.45, 2.75) is 13.8 Å². The van der Waals surface area contributed by atoms with Gasteiger partial charge in [0.2, 0.25) is 0 Å². The molecule has 0 saturated carbocycles. The highest BCUT2D eigenvalue weighted by atomic mass is 35.5. The molecular formula is C24H23Cl2FN4O2. The number of nitrogens with zero attached hydrogens (tertiary/aromatic N) is 2. The number of aromatic nitrogens is 2. The van der Waals surface area contributed by atoms with Gasteiger partial charge in [-0.3, -0.25) is 0 Å². The fourth-order valence-electron chi connectivity index (χ4n) is 2.23. The monoisotopic (exact) mass is 488 g/mol. The molecule has 0 saturated heterocycles. The molecule has 0 bridgehead atoms. The summed E-state index contributed by atoms with van der Waals surface area (Å²) in [6.45, 7) is 3.45. The number of rotatable bonds is 2. The number of pyridine rings is 2. The highest BCUT2D eigenvalue weighted by molar-refractivity contribution is 6.30.